The first-order chi connectivity index (χ1) is 18.4. The zero-order valence-corrected chi connectivity index (χ0v) is 21.4. The summed E-state index contributed by atoms with van der Waals surface area (Å²) in [7, 11) is 1.52. The van der Waals surface area contributed by atoms with Crippen LogP contribution in [0.2, 0.25) is 0 Å². The Hall–Kier alpha value is -4.59. The fraction of sp³-hybridized carbons (Fsp3) is 0.233. The fourth-order valence-electron chi connectivity index (χ4n) is 4.54. The van der Waals surface area contributed by atoms with E-state index in [0.29, 0.717) is 46.3 Å². The average molecular weight is 513 g/mol. The van der Waals surface area contributed by atoms with Crippen molar-refractivity contribution >= 4 is 22.7 Å². The molecule has 0 aliphatic carbocycles. The van der Waals surface area contributed by atoms with Crippen LogP contribution < -0.4 is 9.47 Å². The summed E-state index contributed by atoms with van der Waals surface area (Å²) in [5.41, 5.74) is 1.59. The topological polar surface area (TPSA) is 102 Å². The van der Waals surface area contributed by atoms with Crippen LogP contribution in [0.25, 0.3) is 11.0 Å². The third-order valence-corrected chi connectivity index (χ3v) is 6.32. The van der Waals surface area contributed by atoms with Crippen molar-refractivity contribution in [2.75, 3.05) is 13.7 Å². The van der Waals surface area contributed by atoms with E-state index in [0.717, 1.165) is 0 Å². The Kier molecular flexibility index (Phi) is 6.87. The second-order valence-corrected chi connectivity index (χ2v) is 9.51. The molecule has 1 N–H and O–H groups in total. The molecule has 2 aromatic carbocycles. The van der Waals surface area contributed by atoms with Crippen LogP contribution in [0.15, 0.2) is 88.7 Å². The Balaban J connectivity index is 1.59. The lowest BCUT2D eigenvalue weighted by Crippen LogP contribution is -2.31. The van der Waals surface area contributed by atoms with Crippen LogP contribution in [-0.2, 0) is 11.3 Å². The molecule has 8 nitrogen and oxygen atoms in total. The van der Waals surface area contributed by atoms with Crippen LogP contribution in [-0.4, -0.2) is 40.4 Å². The molecule has 2 aromatic heterocycles. The fourth-order valence-corrected chi connectivity index (χ4v) is 4.54. The Labute approximate surface area is 220 Å². The predicted molar refractivity (Wildman–Crippen MR) is 141 cm³/mol. The molecule has 0 fully saturated rings. The molecule has 3 heterocycles. The normalized spacial score (nSPS) is 15.5. The highest BCUT2D eigenvalue weighted by Gasteiger charge is 2.45. The molecule has 4 aromatic rings. The number of furan rings is 1. The van der Waals surface area contributed by atoms with Crippen molar-refractivity contribution < 1.29 is 28.6 Å². The van der Waals surface area contributed by atoms with Crippen molar-refractivity contribution in [1.29, 1.82) is 0 Å². The monoisotopic (exact) mass is 512 g/mol. The van der Waals surface area contributed by atoms with Gasteiger partial charge in [0.25, 0.3) is 5.91 Å². The van der Waals surface area contributed by atoms with Crippen molar-refractivity contribution in [3.8, 4) is 11.5 Å². The molecule has 194 valence electrons. The third-order valence-electron chi connectivity index (χ3n) is 6.32. The van der Waals surface area contributed by atoms with Gasteiger partial charge in [-0.25, -0.2) is 0 Å². The van der Waals surface area contributed by atoms with Gasteiger partial charge in [-0.05, 0) is 47.9 Å². The van der Waals surface area contributed by atoms with E-state index < -0.39 is 23.5 Å². The number of amides is 1. The maximum atomic E-state index is 13.9. The van der Waals surface area contributed by atoms with E-state index in [2.05, 4.69) is 4.98 Å². The summed E-state index contributed by atoms with van der Waals surface area (Å²) in [6, 6.07) is 18.6. The van der Waals surface area contributed by atoms with Crippen LogP contribution in [0.4, 0.5) is 0 Å². The number of hydrogen-bond donors (Lipinski definition) is 1. The number of aliphatic hydroxyl groups excluding tert-OH is 1. The van der Waals surface area contributed by atoms with Gasteiger partial charge in [-0.1, -0.05) is 44.2 Å². The number of Topliss-reactive ketones (excluding diaryl/α,β-unsaturated/α-hetero) is 1. The largest absolute Gasteiger partial charge is 0.503 e. The highest BCUT2D eigenvalue weighted by molar-refractivity contribution is 6.16. The van der Waals surface area contributed by atoms with Gasteiger partial charge >= 0.3 is 0 Å². The predicted octanol–water partition coefficient (Wildman–Crippen LogP) is 5.65. The maximum absolute atomic E-state index is 13.9. The van der Waals surface area contributed by atoms with Crippen molar-refractivity contribution in [3.63, 3.8) is 0 Å². The molecule has 1 aliphatic rings. The van der Waals surface area contributed by atoms with Gasteiger partial charge < -0.3 is 23.9 Å². The number of benzene rings is 2. The Morgan fingerprint density at radius 2 is 1.92 bits per heavy atom. The molecule has 1 unspecified atom stereocenters. The number of rotatable bonds is 9. The minimum atomic E-state index is -0.880. The first-order valence-electron chi connectivity index (χ1n) is 12.4. The van der Waals surface area contributed by atoms with Crippen LogP contribution in [0.3, 0.4) is 0 Å². The standard InChI is InChI=1S/C30H28N2O6/c1-18(2)17-37-22-11-6-8-19(14-22)26-25(28(34)30(35)32(26)16-21-10-4-5-13-31-21)27(33)24-15-20-9-7-12-23(36-3)29(20)38-24/h4-15,18,26,34H,16-17H2,1-3H3. The Morgan fingerprint density at radius 3 is 2.66 bits per heavy atom. The first kappa shape index (κ1) is 25.1. The van der Waals surface area contributed by atoms with Crippen LogP contribution in [0.1, 0.15) is 41.7 Å². The number of pyridine rings is 1. The van der Waals surface area contributed by atoms with Crippen LogP contribution in [0, 0.1) is 5.92 Å². The van der Waals surface area contributed by atoms with Gasteiger partial charge in [0.05, 0.1) is 37.6 Å². The molecule has 8 heteroatoms. The Morgan fingerprint density at radius 1 is 1.11 bits per heavy atom. The van der Waals surface area contributed by atoms with Crippen molar-refractivity contribution in [2.24, 2.45) is 5.92 Å². The van der Waals surface area contributed by atoms with Gasteiger partial charge in [0.2, 0.25) is 5.78 Å². The number of carbonyl (C=O) groups excluding carboxylic acids is 2. The lowest BCUT2D eigenvalue weighted by atomic mass is 9.94. The number of aliphatic hydroxyl groups is 1. The second-order valence-electron chi connectivity index (χ2n) is 9.51. The highest BCUT2D eigenvalue weighted by Crippen LogP contribution is 2.41. The summed E-state index contributed by atoms with van der Waals surface area (Å²) in [6.07, 6.45) is 1.63. The van der Waals surface area contributed by atoms with E-state index in [1.54, 1.807) is 60.8 Å². The van der Waals surface area contributed by atoms with Gasteiger partial charge in [-0.15, -0.1) is 0 Å². The molecule has 0 saturated heterocycles. The number of hydrogen-bond acceptors (Lipinski definition) is 7. The smallest absolute Gasteiger partial charge is 0.290 e. The second kappa shape index (κ2) is 10.4. The van der Waals surface area contributed by atoms with Crippen molar-refractivity contribution in [2.45, 2.75) is 26.4 Å². The molecule has 0 radical (unpaired) electrons. The summed E-state index contributed by atoms with van der Waals surface area (Å²) in [4.78, 5) is 33.0. The third kappa shape index (κ3) is 4.72. The molecule has 1 amide bonds. The van der Waals surface area contributed by atoms with Crippen molar-refractivity contribution in [1.82, 2.24) is 9.88 Å². The number of fused-ring (bicyclic) bond motifs is 1. The summed E-state index contributed by atoms with van der Waals surface area (Å²) >= 11 is 0. The number of aromatic nitrogens is 1. The van der Waals surface area contributed by atoms with E-state index in [1.807, 2.05) is 26.0 Å². The first-order valence-corrected chi connectivity index (χ1v) is 12.4. The van der Waals surface area contributed by atoms with Gasteiger partial charge in [-0.3, -0.25) is 14.6 Å². The summed E-state index contributed by atoms with van der Waals surface area (Å²) in [6.45, 7) is 4.70. The average Bonchev–Trinajstić information content (AvgIpc) is 3.47. The number of para-hydroxylation sites is 1. The zero-order chi connectivity index (χ0) is 26.8. The summed E-state index contributed by atoms with van der Waals surface area (Å²) < 4.78 is 17.2. The SMILES string of the molecule is COc1cccc2cc(C(=O)C3=C(O)C(=O)N(Cc4ccccn4)C3c3cccc(OCC(C)C)c3)oc12. The molecule has 1 atom stereocenters. The molecule has 0 saturated carbocycles. The van der Waals surface area contributed by atoms with Crippen LogP contribution in [0.5, 0.6) is 11.5 Å². The number of ether oxygens (including phenoxy) is 2. The highest BCUT2D eigenvalue weighted by atomic mass is 16.5. The molecule has 38 heavy (non-hydrogen) atoms. The number of ketones is 1. The van der Waals surface area contributed by atoms with Gasteiger partial charge in [0.15, 0.2) is 22.9 Å². The van der Waals surface area contributed by atoms with E-state index in [9.17, 15) is 14.7 Å². The number of carbonyl (C=O) groups is 2. The van der Waals surface area contributed by atoms with Gasteiger partial charge in [0.1, 0.15) is 5.75 Å². The van der Waals surface area contributed by atoms with E-state index in [4.69, 9.17) is 13.9 Å². The van der Waals surface area contributed by atoms with Crippen molar-refractivity contribution in [3.05, 3.63) is 101 Å². The number of methoxy groups -OCH3 is 1. The maximum Gasteiger partial charge on any atom is 0.290 e. The van der Waals surface area contributed by atoms with E-state index in [1.165, 1.54) is 12.0 Å². The molecular weight excluding hydrogens is 484 g/mol. The summed E-state index contributed by atoms with van der Waals surface area (Å²) in [5.74, 6) is -0.466. The van der Waals surface area contributed by atoms with E-state index in [-0.39, 0.29) is 17.9 Å². The minimum Gasteiger partial charge on any atom is -0.503 e. The van der Waals surface area contributed by atoms with Gasteiger partial charge in [-0.2, -0.15) is 0 Å². The quantitative estimate of drug-likeness (QED) is 0.289. The molecule has 5 rings (SSSR count). The van der Waals surface area contributed by atoms with Crippen LogP contribution >= 0.6 is 0 Å². The lowest BCUT2D eigenvalue weighted by Gasteiger charge is -2.26. The Bertz CT molecular complexity index is 1520. The van der Waals surface area contributed by atoms with E-state index >= 15 is 0 Å². The molecule has 0 bridgehead atoms. The lowest BCUT2D eigenvalue weighted by molar-refractivity contribution is -0.130. The summed E-state index contributed by atoms with van der Waals surface area (Å²) in [5, 5.41) is 11.7. The van der Waals surface area contributed by atoms with Gasteiger partial charge in [0, 0.05) is 11.6 Å². The zero-order valence-electron chi connectivity index (χ0n) is 21.4. The number of nitrogens with zero attached hydrogens (tertiary/aromatic N) is 2. The molecule has 0 spiro atoms. The molecular formula is C30H28N2O6. The molecule has 1 aliphatic heterocycles. The minimum absolute atomic E-state index is 0.00394.